The van der Waals surface area contributed by atoms with Crippen molar-refractivity contribution in [2.24, 2.45) is 11.7 Å². The lowest BCUT2D eigenvalue weighted by molar-refractivity contribution is 0.0951. The van der Waals surface area contributed by atoms with Gasteiger partial charge in [-0.05, 0) is 60.7 Å². The Bertz CT molecular complexity index is 701. The average Bonchev–Trinajstić information content (AvgIpc) is 2.69. The van der Waals surface area contributed by atoms with Gasteiger partial charge in [0.25, 0.3) is 5.91 Å². The molecule has 4 nitrogen and oxygen atoms in total. The summed E-state index contributed by atoms with van der Waals surface area (Å²) in [6.07, 6.45) is 2.60. The molecule has 1 aliphatic rings. The number of likely N-dealkylation sites (tertiary alicyclic amines) is 1. The molecule has 3 rings (SSSR count). The summed E-state index contributed by atoms with van der Waals surface area (Å²) in [5.74, 6) is 0.809. The fourth-order valence-electron chi connectivity index (χ4n) is 3.32. The standard InChI is InChI=1S/C22H29N3O/c1-17-10-12-25(13-11-17)16-20-4-2-19(3-5-20)15-24-22(26)21-8-6-18(14-23)7-9-21/h2-9,17H,10-16,23H2,1H3,(H,24,26). The quantitative estimate of drug-likeness (QED) is 0.839. The van der Waals surface area contributed by atoms with Crippen LogP contribution in [0.2, 0.25) is 0 Å². The highest BCUT2D eigenvalue weighted by Crippen LogP contribution is 2.18. The fraction of sp³-hybridized carbons (Fsp3) is 0.409. The van der Waals surface area contributed by atoms with Crippen LogP contribution < -0.4 is 11.1 Å². The topological polar surface area (TPSA) is 58.4 Å². The molecule has 0 aliphatic carbocycles. The van der Waals surface area contributed by atoms with E-state index in [-0.39, 0.29) is 5.91 Å². The van der Waals surface area contributed by atoms with Crippen molar-refractivity contribution in [1.82, 2.24) is 10.2 Å². The molecule has 1 saturated heterocycles. The number of nitrogens with two attached hydrogens (primary N) is 1. The summed E-state index contributed by atoms with van der Waals surface area (Å²) in [7, 11) is 0. The molecule has 0 unspecified atom stereocenters. The van der Waals surface area contributed by atoms with Crippen molar-refractivity contribution in [2.75, 3.05) is 13.1 Å². The minimum absolute atomic E-state index is 0.0555. The minimum Gasteiger partial charge on any atom is -0.348 e. The maximum Gasteiger partial charge on any atom is 0.251 e. The van der Waals surface area contributed by atoms with Gasteiger partial charge in [-0.1, -0.05) is 43.3 Å². The monoisotopic (exact) mass is 351 g/mol. The van der Waals surface area contributed by atoms with Gasteiger partial charge in [0.2, 0.25) is 0 Å². The van der Waals surface area contributed by atoms with Crippen LogP contribution in [0.25, 0.3) is 0 Å². The molecule has 0 bridgehead atoms. The Morgan fingerprint density at radius 2 is 1.58 bits per heavy atom. The van der Waals surface area contributed by atoms with Gasteiger partial charge in [-0.15, -0.1) is 0 Å². The predicted molar refractivity (Wildman–Crippen MR) is 106 cm³/mol. The Kier molecular flexibility index (Phi) is 6.42. The van der Waals surface area contributed by atoms with E-state index in [4.69, 9.17) is 5.73 Å². The summed E-state index contributed by atoms with van der Waals surface area (Å²) in [5, 5.41) is 2.98. The number of piperidine rings is 1. The lowest BCUT2D eigenvalue weighted by atomic mass is 9.99. The van der Waals surface area contributed by atoms with E-state index >= 15 is 0 Å². The molecule has 0 spiro atoms. The molecular weight excluding hydrogens is 322 g/mol. The highest BCUT2D eigenvalue weighted by Gasteiger charge is 2.15. The van der Waals surface area contributed by atoms with Gasteiger partial charge in [-0.3, -0.25) is 9.69 Å². The van der Waals surface area contributed by atoms with E-state index in [0.717, 1.165) is 23.6 Å². The molecule has 1 fully saturated rings. The summed E-state index contributed by atoms with van der Waals surface area (Å²) in [6, 6.07) is 16.0. The largest absolute Gasteiger partial charge is 0.348 e. The van der Waals surface area contributed by atoms with Crippen LogP contribution in [-0.4, -0.2) is 23.9 Å². The number of carbonyl (C=O) groups is 1. The zero-order chi connectivity index (χ0) is 18.4. The van der Waals surface area contributed by atoms with E-state index in [1.54, 1.807) is 0 Å². The second kappa shape index (κ2) is 8.97. The fourth-order valence-corrected chi connectivity index (χ4v) is 3.32. The van der Waals surface area contributed by atoms with E-state index in [1.165, 1.54) is 31.5 Å². The van der Waals surface area contributed by atoms with Gasteiger partial charge in [-0.2, -0.15) is 0 Å². The molecule has 2 aromatic rings. The number of rotatable bonds is 6. The van der Waals surface area contributed by atoms with E-state index in [2.05, 4.69) is 41.4 Å². The third-order valence-corrected chi connectivity index (χ3v) is 5.21. The van der Waals surface area contributed by atoms with Crippen LogP contribution in [0.4, 0.5) is 0 Å². The number of hydrogen-bond acceptors (Lipinski definition) is 3. The van der Waals surface area contributed by atoms with Crippen molar-refractivity contribution in [2.45, 2.75) is 39.4 Å². The molecule has 0 radical (unpaired) electrons. The summed E-state index contributed by atoms with van der Waals surface area (Å²) in [4.78, 5) is 14.8. The van der Waals surface area contributed by atoms with E-state index in [9.17, 15) is 4.79 Å². The smallest absolute Gasteiger partial charge is 0.251 e. The molecule has 0 saturated carbocycles. The van der Waals surface area contributed by atoms with Gasteiger partial charge in [0.05, 0.1) is 0 Å². The first-order chi connectivity index (χ1) is 12.6. The van der Waals surface area contributed by atoms with E-state index < -0.39 is 0 Å². The minimum atomic E-state index is -0.0555. The molecule has 1 aliphatic heterocycles. The summed E-state index contributed by atoms with van der Waals surface area (Å²) >= 11 is 0. The van der Waals surface area contributed by atoms with Crippen molar-refractivity contribution >= 4 is 5.91 Å². The lowest BCUT2D eigenvalue weighted by Gasteiger charge is -2.30. The van der Waals surface area contributed by atoms with Crippen LogP contribution in [0.5, 0.6) is 0 Å². The number of amides is 1. The van der Waals surface area contributed by atoms with Crippen LogP contribution in [-0.2, 0) is 19.6 Å². The first-order valence-electron chi connectivity index (χ1n) is 9.51. The molecule has 2 aromatic carbocycles. The van der Waals surface area contributed by atoms with Crippen LogP contribution in [0.1, 0.15) is 46.8 Å². The van der Waals surface area contributed by atoms with Crippen molar-refractivity contribution < 1.29 is 4.79 Å². The third-order valence-electron chi connectivity index (χ3n) is 5.21. The van der Waals surface area contributed by atoms with Crippen LogP contribution in [0.15, 0.2) is 48.5 Å². The molecule has 138 valence electrons. The predicted octanol–water partition coefficient (Wildman–Crippen LogP) is 3.31. The maximum absolute atomic E-state index is 12.2. The van der Waals surface area contributed by atoms with Gasteiger partial charge in [0.1, 0.15) is 0 Å². The van der Waals surface area contributed by atoms with Crippen molar-refractivity contribution in [3.8, 4) is 0 Å². The van der Waals surface area contributed by atoms with Gasteiger partial charge < -0.3 is 11.1 Å². The Balaban J connectivity index is 1.48. The molecule has 26 heavy (non-hydrogen) atoms. The van der Waals surface area contributed by atoms with Gasteiger partial charge in [0.15, 0.2) is 0 Å². The van der Waals surface area contributed by atoms with Gasteiger partial charge in [0, 0.05) is 25.2 Å². The number of nitrogens with zero attached hydrogens (tertiary/aromatic N) is 1. The normalized spacial score (nSPS) is 15.8. The zero-order valence-electron chi connectivity index (χ0n) is 15.6. The lowest BCUT2D eigenvalue weighted by Crippen LogP contribution is -2.32. The molecule has 0 atom stereocenters. The maximum atomic E-state index is 12.2. The summed E-state index contributed by atoms with van der Waals surface area (Å²) < 4.78 is 0. The van der Waals surface area contributed by atoms with Gasteiger partial charge >= 0.3 is 0 Å². The van der Waals surface area contributed by atoms with E-state index in [1.807, 2.05) is 24.3 Å². The second-order valence-corrected chi connectivity index (χ2v) is 7.36. The molecule has 1 amide bonds. The van der Waals surface area contributed by atoms with E-state index in [0.29, 0.717) is 18.7 Å². The first kappa shape index (κ1) is 18.6. The van der Waals surface area contributed by atoms with Crippen molar-refractivity contribution in [3.05, 3.63) is 70.8 Å². The van der Waals surface area contributed by atoms with Crippen molar-refractivity contribution in [3.63, 3.8) is 0 Å². The molecular formula is C22H29N3O. The molecule has 0 aromatic heterocycles. The average molecular weight is 351 g/mol. The Labute approximate surface area is 156 Å². The Hall–Kier alpha value is -2.17. The first-order valence-corrected chi connectivity index (χ1v) is 9.51. The number of hydrogen-bond donors (Lipinski definition) is 2. The number of carbonyl (C=O) groups excluding carboxylic acids is 1. The SMILES string of the molecule is CC1CCN(Cc2ccc(CNC(=O)c3ccc(CN)cc3)cc2)CC1. The Morgan fingerprint density at radius 1 is 1.00 bits per heavy atom. The highest BCUT2D eigenvalue weighted by atomic mass is 16.1. The van der Waals surface area contributed by atoms with Gasteiger partial charge in [-0.25, -0.2) is 0 Å². The summed E-state index contributed by atoms with van der Waals surface area (Å²) in [5.41, 5.74) is 9.74. The Morgan fingerprint density at radius 3 is 2.19 bits per heavy atom. The molecule has 4 heteroatoms. The highest BCUT2D eigenvalue weighted by molar-refractivity contribution is 5.94. The number of benzene rings is 2. The van der Waals surface area contributed by atoms with Crippen LogP contribution in [0.3, 0.4) is 0 Å². The van der Waals surface area contributed by atoms with Crippen molar-refractivity contribution in [1.29, 1.82) is 0 Å². The molecule has 1 heterocycles. The second-order valence-electron chi connectivity index (χ2n) is 7.36. The number of nitrogens with one attached hydrogen (secondary N) is 1. The zero-order valence-corrected chi connectivity index (χ0v) is 15.6. The third kappa shape index (κ3) is 5.16. The molecule has 3 N–H and O–H groups in total. The summed E-state index contributed by atoms with van der Waals surface area (Å²) in [6.45, 7) is 6.79. The van der Waals surface area contributed by atoms with Crippen LogP contribution >= 0.6 is 0 Å². The van der Waals surface area contributed by atoms with Crippen LogP contribution in [0, 0.1) is 5.92 Å².